The predicted molar refractivity (Wildman–Crippen MR) is 105 cm³/mol. The van der Waals surface area contributed by atoms with E-state index in [1.54, 1.807) is 24.4 Å². The van der Waals surface area contributed by atoms with Crippen LogP contribution in [0.1, 0.15) is 18.0 Å². The first-order chi connectivity index (χ1) is 12.1. The molecule has 0 aliphatic carbocycles. The largest absolute Gasteiger partial charge is 0.493 e. The molecule has 26 heavy (non-hydrogen) atoms. The Balaban J connectivity index is 0.00000243. The molecule has 8 heteroatoms. The standard InChI is InChI=1S/C18H19Cl2N3O2.ClH/c19-15-4-3-14(10-16(15)20)25-9-5-18(24)23-8-7-22-12-17(23)13-2-1-6-21-11-13;/h1-4,6,10-11,17,22H,5,7-9,12H2;1H. The Labute approximate surface area is 169 Å². The number of pyridine rings is 1. The second-order valence-corrected chi connectivity index (χ2v) is 6.58. The van der Waals surface area contributed by atoms with Gasteiger partial charge in [0.25, 0.3) is 0 Å². The van der Waals surface area contributed by atoms with Crippen LogP contribution in [0.4, 0.5) is 0 Å². The van der Waals surface area contributed by atoms with Crippen molar-refractivity contribution in [3.05, 3.63) is 58.3 Å². The van der Waals surface area contributed by atoms with Crippen LogP contribution >= 0.6 is 35.6 Å². The van der Waals surface area contributed by atoms with Crippen LogP contribution in [-0.4, -0.2) is 42.0 Å². The first kappa shape index (κ1) is 20.8. The molecule has 1 saturated heterocycles. The van der Waals surface area contributed by atoms with E-state index in [0.717, 1.165) is 18.7 Å². The number of amides is 1. The van der Waals surface area contributed by atoms with Gasteiger partial charge in [0, 0.05) is 38.1 Å². The van der Waals surface area contributed by atoms with E-state index in [2.05, 4.69) is 10.3 Å². The summed E-state index contributed by atoms with van der Waals surface area (Å²) in [6, 6.07) is 8.95. The van der Waals surface area contributed by atoms with Crippen molar-refractivity contribution in [2.45, 2.75) is 12.5 Å². The first-order valence-corrected chi connectivity index (χ1v) is 8.88. The Hall–Kier alpha value is -1.53. The Kier molecular flexibility index (Phi) is 7.97. The summed E-state index contributed by atoms with van der Waals surface area (Å²) in [6.45, 7) is 2.48. The molecule has 5 nitrogen and oxygen atoms in total. The molecule has 0 bridgehead atoms. The summed E-state index contributed by atoms with van der Waals surface area (Å²) < 4.78 is 5.63. The molecule has 1 aliphatic rings. The van der Waals surface area contributed by atoms with Gasteiger partial charge in [-0.25, -0.2) is 0 Å². The normalized spacial score (nSPS) is 16.7. The minimum atomic E-state index is -0.0000682. The number of halogens is 3. The summed E-state index contributed by atoms with van der Waals surface area (Å²) in [5.74, 6) is 0.668. The summed E-state index contributed by atoms with van der Waals surface area (Å²) in [5.41, 5.74) is 1.04. The molecule has 1 aromatic carbocycles. The number of aromatic nitrogens is 1. The number of carbonyl (C=O) groups is 1. The highest BCUT2D eigenvalue weighted by Gasteiger charge is 2.27. The number of hydrogen-bond donors (Lipinski definition) is 1. The van der Waals surface area contributed by atoms with Crippen LogP contribution in [0.2, 0.25) is 10.0 Å². The molecule has 0 spiro atoms. The second-order valence-electron chi connectivity index (χ2n) is 5.77. The molecule has 2 heterocycles. The van der Waals surface area contributed by atoms with E-state index in [4.69, 9.17) is 27.9 Å². The summed E-state index contributed by atoms with van der Waals surface area (Å²) in [4.78, 5) is 18.7. The van der Waals surface area contributed by atoms with Gasteiger partial charge in [-0.05, 0) is 23.8 Å². The SMILES string of the molecule is Cl.O=C(CCOc1ccc(Cl)c(Cl)c1)N1CCNCC1c1cccnc1. The quantitative estimate of drug-likeness (QED) is 0.806. The molecule has 3 rings (SSSR count). The Morgan fingerprint density at radius 1 is 1.31 bits per heavy atom. The highest BCUT2D eigenvalue weighted by Crippen LogP contribution is 2.26. The van der Waals surface area contributed by atoms with Gasteiger partial charge in [0.2, 0.25) is 5.91 Å². The molecule has 1 aromatic heterocycles. The lowest BCUT2D eigenvalue weighted by atomic mass is 10.0. The van der Waals surface area contributed by atoms with Crippen molar-refractivity contribution in [2.75, 3.05) is 26.2 Å². The predicted octanol–water partition coefficient (Wildman–Crippen LogP) is 3.75. The number of benzene rings is 1. The van der Waals surface area contributed by atoms with Crippen LogP contribution in [0.3, 0.4) is 0 Å². The van der Waals surface area contributed by atoms with E-state index in [-0.39, 0.29) is 24.4 Å². The van der Waals surface area contributed by atoms with Gasteiger partial charge in [-0.3, -0.25) is 9.78 Å². The van der Waals surface area contributed by atoms with Gasteiger partial charge in [-0.2, -0.15) is 0 Å². The van der Waals surface area contributed by atoms with Gasteiger partial charge in [0.15, 0.2) is 0 Å². The van der Waals surface area contributed by atoms with Gasteiger partial charge < -0.3 is 15.0 Å². The molecule has 1 aliphatic heterocycles. The molecule has 1 atom stereocenters. The van der Waals surface area contributed by atoms with Crippen molar-refractivity contribution in [2.24, 2.45) is 0 Å². The first-order valence-electron chi connectivity index (χ1n) is 8.13. The van der Waals surface area contributed by atoms with Gasteiger partial charge >= 0.3 is 0 Å². The maximum Gasteiger partial charge on any atom is 0.226 e. The van der Waals surface area contributed by atoms with Gasteiger partial charge in [0.05, 0.1) is 29.1 Å². The van der Waals surface area contributed by atoms with Gasteiger partial charge in [0.1, 0.15) is 5.75 Å². The number of nitrogens with one attached hydrogen (secondary N) is 1. The fourth-order valence-electron chi connectivity index (χ4n) is 2.84. The van der Waals surface area contributed by atoms with E-state index in [1.165, 1.54) is 0 Å². The van der Waals surface area contributed by atoms with Crippen LogP contribution in [0.25, 0.3) is 0 Å². The average molecular weight is 417 g/mol. The molecule has 140 valence electrons. The van der Waals surface area contributed by atoms with Crippen LogP contribution in [0.5, 0.6) is 5.75 Å². The zero-order chi connectivity index (χ0) is 17.6. The number of rotatable bonds is 5. The third-order valence-electron chi connectivity index (χ3n) is 4.11. The van der Waals surface area contributed by atoms with Crippen molar-refractivity contribution >= 4 is 41.5 Å². The maximum absolute atomic E-state index is 12.6. The maximum atomic E-state index is 12.6. The number of ether oxygens (including phenoxy) is 1. The average Bonchev–Trinajstić information content (AvgIpc) is 2.65. The Morgan fingerprint density at radius 3 is 2.88 bits per heavy atom. The fraction of sp³-hybridized carbons (Fsp3) is 0.333. The molecule has 1 fully saturated rings. The molecule has 0 saturated carbocycles. The Bertz CT molecular complexity index is 731. The molecule has 1 amide bonds. The monoisotopic (exact) mass is 415 g/mol. The lowest BCUT2D eigenvalue weighted by Gasteiger charge is -2.36. The lowest BCUT2D eigenvalue weighted by Crippen LogP contribution is -2.49. The third-order valence-corrected chi connectivity index (χ3v) is 4.85. The number of nitrogens with zero attached hydrogens (tertiary/aromatic N) is 2. The topological polar surface area (TPSA) is 54.5 Å². The van der Waals surface area contributed by atoms with Crippen molar-refractivity contribution in [3.8, 4) is 5.75 Å². The van der Waals surface area contributed by atoms with Crippen LogP contribution in [-0.2, 0) is 4.79 Å². The highest BCUT2D eigenvalue weighted by atomic mass is 35.5. The van der Waals surface area contributed by atoms with E-state index in [0.29, 0.717) is 35.4 Å². The fourth-order valence-corrected chi connectivity index (χ4v) is 3.13. The van der Waals surface area contributed by atoms with Gasteiger partial charge in [-0.15, -0.1) is 12.4 Å². The second kappa shape index (κ2) is 9.97. The number of hydrogen-bond acceptors (Lipinski definition) is 4. The minimum Gasteiger partial charge on any atom is -0.493 e. The Morgan fingerprint density at radius 2 is 2.15 bits per heavy atom. The molecule has 0 radical (unpaired) electrons. The molecular weight excluding hydrogens is 397 g/mol. The van der Waals surface area contributed by atoms with Crippen LogP contribution in [0.15, 0.2) is 42.7 Å². The van der Waals surface area contributed by atoms with E-state index < -0.39 is 0 Å². The highest BCUT2D eigenvalue weighted by molar-refractivity contribution is 6.42. The number of piperazine rings is 1. The van der Waals surface area contributed by atoms with E-state index >= 15 is 0 Å². The number of carbonyl (C=O) groups excluding carboxylic acids is 1. The zero-order valence-corrected chi connectivity index (χ0v) is 16.4. The zero-order valence-electron chi connectivity index (χ0n) is 14.0. The van der Waals surface area contributed by atoms with Crippen molar-refractivity contribution < 1.29 is 9.53 Å². The summed E-state index contributed by atoms with van der Waals surface area (Å²) >= 11 is 11.8. The van der Waals surface area contributed by atoms with Crippen molar-refractivity contribution in [1.82, 2.24) is 15.2 Å². The molecule has 1 unspecified atom stereocenters. The van der Waals surface area contributed by atoms with Crippen molar-refractivity contribution in [3.63, 3.8) is 0 Å². The lowest BCUT2D eigenvalue weighted by molar-refractivity contribution is -0.135. The third kappa shape index (κ3) is 5.24. The summed E-state index contributed by atoms with van der Waals surface area (Å²) in [7, 11) is 0. The van der Waals surface area contributed by atoms with E-state index in [9.17, 15) is 4.79 Å². The van der Waals surface area contributed by atoms with Gasteiger partial charge in [-0.1, -0.05) is 29.3 Å². The smallest absolute Gasteiger partial charge is 0.226 e. The summed E-state index contributed by atoms with van der Waals surface area (Å²) in [6.07, 6.45) is 3.85. The van der Waals surface area contributed by atoms with E-state index in [1.807, 2.05) is 23.2 Å². The molecule has 2 aromatic rings. The molecular formula is C18H20Cl3N3O2. The molecule has 1 N–H and O–H groups in total. The van der Waals surface area contributed by atoms with Crippen LogP contribution in [0, 0.1) is 0 Å². The minimum absolute atomic E-state index is 0. The summed E-state index contributed by atoms with van der Waals surface area (Å²) in [5, 5.41) is 4.24. The van der Waals surface area contributed by atoms with Crippen molar-refractivity contribution in [1.29, 1.82) is 0 Å². The van der Waals surface area contributed by atoms with Crippen LogP contribution < -0.4 is 10.1 Å².